The molecule has 16 heavy (non-hydrogen) atoms. The minimum absolute atomic E-state index is 0.328. The van der Waals surface area contributed by atoms with E-state index in [0.717, 1.165) is 11.1 Å². The zero-order valence-electron chi connectivity index (χ0n) is 8.83. The topological polar surface area (TPSA) is 75.1 Å². The number of azide groups is 1. The van der Waals surface area contributed by atoms with Crippen LogP contribution in [0.3, 0.4) is 0 Å². The molecule has 1 aromatic carbocycles. The summed E-state index contributed by atoms with van der Waals surface area (Å²) in [5.41, 5.74) is 10.5. The van der Waals surface area contributed by atoms with Crippen molar-refractivity contribution in [2.24, 2.45) is 5.11 Å². The van der Waals surface area contributed by atoms with Crippen molar-refractivity contribution in [3.8, 4) is 0 Å². The van der Waals surface area contributed by atoms with E-state index in [9.17, 15) is 4.79 Å². The van der Waals surface area contributed by atoms with Gasteiger partial charge in [-0.15, -0.1) is 0 Å². The third kappa shape index (κ3) is 1.85. The maximum atomic E-state index is 11.0. The SMILES string of the molecule is CC(=O)O[C@@H]1c2ccccc2C[C@@H]1N=[N+]=[N-]. The number of carbonyl (C=O) groups is 1. The van der Waals surface area contributed by atoms with Gasteiger partial charge in [0.1, 0.15) is 6.10 Å². The van der Waals surface area contributed by atoms with Crippen molar-refractivity contribution in [1.29, 1.82) is 0 Å². The fourth-order valence-corrected chi connectivity index (χ4v) is 2.03. The van der Waals surface area contributed by atoms with Gasteiger partial charge in [0.05, 0.1) is 6.04 Å². The molecule has 82 valence electrons. The van der Waals surface area contributed by atoms with Crippen LogP contribution in [0.15, 0.2) is 29.4 Å². The summed E-state index contributed by atoms with van der Waals surface area (Å²) < 4.78 is 5.20. The van der Waals surface area contributed by atoms with Gasteiger partial charge in [0, 0.05) is 11.8 Å². The molecule has 2 rings (SSSR count). The Morgan fingerprint density at radius 2 is 2.31 bits per heavy atom. The molecule has 0 amide bonds. The zero-order chi connectivity index (χ0) is 11.5. The van der Waals surface area contributed by atoms with E-state index in [1.165, 1.54) is 6.92 Å². The Balaban J connectivity index is 2.35. The zero-order valence-corrected chi connectivity index (χ0v) is 8.83. The molecule has 0 N–H and O–H groups in total. The second-order valence-electron chi connectivity index (χ2n) is 3.71. The fourth-order valence-electron chi connectivity index (χ4n) is 2.03. The highest BCUT2D eigenvalue weighted by molar-refractivity contribution is 5.66. The number of esters is 1. The molecule has 0 fully saturated rings. The Kier molecular flexibility index (Phi) is 2.79. The lowest BCUT2D eigenvalue weighted by Crippen LogP contribution is -2.16. The largest absolute Gasteiger partial charge is 0.457 e. The van der Waals surface area contributed by atoms with E-state index in [0.29, 0.717) is 6.42 Å². The number of hydrogen-bond donors (Lipinski definition) is 0. The van der Waals surface area contributed by atoms with Crippen molar-refractivity contribution < 1.29 is 9.53 Å². The standard InChI is InChI=1S/C11H11N3O2/c1-7(15)16-11-9-5-3-2-4-8(9)6-10(11)13-14-12/h2-5,10-11H,6H2,1H3/t10-,11+/m0/s1. The lowest BCUT2D eigenvalue weighted by Gasteiger charge is -2.15. The van der Waals surface area contributed by atoms with E-state index < -0.39 is 6.10 Å². The quantitative estimate of drug-likeness (QED) is 0.330. The van der Waals surface area contributed by atoms with Crippen molar-refractivity contribution >= 4 is 5.97 Å². The molecule has 0 aliphatic heterocycles. The monoisotopic (exact) mass is 217 g/mol. The van der Waals surface area contributed by atoms with Crippen molar-refractivity contribution in [3.05, 3.63) is 45.8 Å². The Morgan fingerprint density at radius 1 is 1.56 bits per heavy atom. The summed E-state index contributed by atoms with van der Waals surface area (Å²) in [5.74, 6) is -0.361. The molecule has 0 aromatic heterocycles. The van der Waals surface area contributed by atoms with Crippen LogP contribution in [-0.4, -0.2) is 12.0 Å². The summed E-state index contributed by atoms with van der Waals surface area (Å²) in [7, 11) is 0. The van der Waals surface area contributed by atoms with Crippen LogP contribution in [-0.2, 0) is 16.0 Å². The first kappa shape index (κ1) is 10.5. The lowest BCUT2D eigenvalue weighted by molar-refractivity contribution is -0.147. The number of fused-ring (bicyclic) bond motifs is 1. The van der Waals surface area contributed by atoms with Gasteiger partial charge in [-0.2, -0.15) is 0 Å². The number of benzene rings is 1. The molecule has 5 nitrogen and oxygen atoms in total. The highest BCUT2D eigenvalue weighted by atomic mass is 16.5. The van der Waals surface area contributed by atoms with E-state index in [1.807, 2.05) is 24.3 Å². The van der Waals surface area contributed by atoms with Crippen LogP contribution in [0.4, 0.5) is 0 Å². The van der Waals surface area contributed by atoms with Crippen LogP contribution >= 0.6 is 0 Å². The molecular weight excluding hydrogens is 206 g/mol. The third-order valence-corrected chi connectivity index (χ3v) is 2.63. The second kappa shape index (κ2) is 4.24. The number of ether oxygens (including phenoxy) is 1. The van der Waals surface area contributed by atoms with Crippen molar-refractivity contribution in [2.45, 2.75) is 25.5 Å². The first-order valence-electron chi connectivity index (χ1n) is 5.01. The van der Waals surface area contributed by atoms with Gasteiger partial charge < -0.3 is 4.74 Å². The summed E-state index contributed by atoms with van der Waals surface area (Å²) in [4.78, 5) is 13.8. The highest BCUT2D eigenvalue weighted by Gasteiger charge is 2.33. The van der Waals surface area contributed by atoms with Gasteiger partial charge in [0.2, 0.25) is 0 Å². The van der Waals surface area contributed by atoms with Crippen LogP contribution in [0.25, 0.3) is 10.4 Å². The minimum atomic E-state index is -0.440. The van der Waals surface area contributed by atoms with Gasteiger partial charge in [0.25, 0.3) is 0 Å². The Hall–Kier alpha value is -2.00. The molecule has 0 saturated carbocycles. The van der Waals surface area contributed by atoms with E-state index in [4.69, 9.17) is 10.3 Å². The molecule has 0 bridgehead atoms. The number of rotatable bonds is 2. The normalized spacial score (nSPS) is 22.1. The predicted molar refractivity (Wildman–Crippen MR) is 57.6 cm³/mol. The summed E-state index contributed by atoms with van der Waals surface area (Å²) in [6.45, 7) is 1.36. The molecular formula is C11H11N3O2. The van der Waals surface area contributed by atoms with Crippen molar-refractivity contribution in [3.63, 3.8) is 0 Å². The summed E-state index contributed by atoms with van der Waals surface area (Å²) in [5, 5.41) is 3.68. The van der Waals surface area contributed by atoms with Gasteiger partial charge in [-0.25, -0.2) is 0 Å². The van der Waals surface area contributed by atoms with Crippen LogP contribution in [0.5, 0.6) is 0 Å². The maximum absolute atomic E-state index is 11.0. The Bertz CT molecular complexity index is 466. The van der Waals surface area contributed by atoms with E-state index >= 15 is 0 Å². The first-order chi connectivity index (χ1) is 7.72. The van der Waals surface area contributed by atoms with Crippen molar-refractivity contribution in [1.82, 2.24) is 0 Å². The smallest absolute Gasteiger partial charge is 0.303 e. The molecule has 0 radical (unpaired) electrons. The molecule has 0 heterocycles. The average Bonchev–Trinajstić information content (AvgIpc) is 2.57. The molecule has 1 aliphatic rings. The number of carbonyl (C=O) groups excluding carboxylic acids is 1. The van der Waals surface area contributed by atoms with E-state index in [2.05, 4.69) is 10.0 Å². The number of hydrogen-bond acceptors (Lipinski definition) is 3. The summed E-state index contributed by atoms with van der Waals surface area (Å²) >= 11 is 0. The summed E-state index contributed by atoms with van der Waals surface area (Å²) in [6.07, 6.45) is 0.183. The van der Waals surface area contributed by atoms with Gasteiger partial charge in [-0.1, -0.05) is 29.4 Å². The fraction of sp³-hybridized carbons (Fsp3) is 0.364. The van der Waals surface area contributed by atoms with Gasteiger partial charge in [0.15, 0.2) is 0 Å². The lowest BCUT2D eigenvalue weighted by atomic mass is 10.1. The van der Waals surface area contributed by atoms with E-state index in [-0.39, 0.29) is 12.0 Å². The molecule has 0 spiro atoms. The predicted octanol–water partition coefficient (Wildman–Crippen LogP) is 2.53. The van der Waals surface area contributed by atoms with Crippen molar-refractivity contribution in [2.75, 3.05) is 0 Å². The third-order valence-electron chi connectivity index (χ3n) is 2.63. The van der Waals surface area contributed by atoms with Crippen LogP contribution in [0.2, 0.25) is 0 Å². The molecule has 2 atom stereocenters. The minimum Gasteiger partial charge on any atom is -0.457 e. The second-order valence-corrected chi connectivity index (χ2v) is 3.71. The molecule has 5 heteroatoms. The molecule has 0 unspecified atom stereocenters. The Labute approximate surface area is 92.7 Å². The van der Waals surface area contributed by atoms with Crippen LogP contribution in [0, 0.1) is 0 Å². The van der Waals surface area contributed by atoms with Gasteiger partial charge in [-0.3, -0.25) is 4.79 Å². The van der Waals surface area contributed by atoms with E-state index in [1.54, 1.807) is 0 Å². The average molecular weight is 217 g/mol. The Morgan fingerprint density at radius 3 is 3.00 bits per heavy atom. The molecule has 1 aliphatic carbocycles. The molecule has 1 aromatic rings. The molecule has 0 saturated heterocycles. The maximum Gasteiger partial charge on any atom is 0.303 e. The van der Waals surface area contributed by atoms with Gasteiger partial charge in [-0.05, 0) is 23.1 Å². The van der Waals surface area contributed by atoms with Crippen LogP contribution < -0.4 is 0 Å². The first-order valence-corrected chi connectivity index (χ1v) is 5.01. The summed E-state index contributed by atoms with van der Waals surface area (Å²) in [6, 6.07) is 7.33. The van der Waals surface area contributed by atoms with Gasteiger partial charge >= 0.3 is 5.97 Å². The van der Waals surface area contributed by atoms with Crippen LogP contribution in [0.1, 0.15) is 24.2 Å². The number of nitrogens with zero attached hydrogens (tertiary/aromatic N) is 3. The highest BCUT2D eigenvalue weighted by Crippen LogP contribution is 2.36.